The van der Waals surface area contributed by atoms with Crippen molar-refractivity contribution in [3.63, 3.8) is 0 Å². The number of carbonyl (C=O) groups is 3. The van der Waals surface area contributed by atoms with Crippen LogP contribution in [0.5, 0.6) is 0 Å². The van der Waals surface area contributed by atoms with Crippen LogP contribution in [0.3, 0.4) is 0 Å². The summed E-state index contributed by atoms with van der Waals surface area (Å²) >= 11 is 0. The molecule has 3 fully saturated rings. The normalized spacial score (nSPS) is 27.2. The summed E-state index contributed by atoms with van der Waals surface area (Å²) in [6.07, 6.45) is 1.77. The smallest absolute Gasteiger partial charge is 0.407 e. The fourth-order valence-electron chi connectivity index (χ4n) is 6.19. The zero-order valence-corrected chi connectivity index (χ0v) is 18.2. The number of nitrogens with zero attached hydrogens (tertiary/aromatic N) is 1. The molecule has 1 heterocycles. The predicted molar refractivity (Wildman–Crippen MR) is 119 cm³/mol. The molecule has 0 bridgehead atoms. The molecule has 7 heteroatoms. The Bertz CT molecular complexity index is 1110. The Labute approximate surface area is 191 Å². The first kappa shape index (κ1) is 20.3. The Kier molecular flexibility index (Phi) is 4.50. The predicted octanol–water partition coefficient (Wildman–Crippen LogP) is 3.24. The van der Waals surface area contributed by atoms with E-state index in [1.54, 1.807) is 4.90 Å². The molecule has 2 N–H and O–H groups in total. The van der Waals surface area contributed by atoms with E-state index < -0.39 is 23.4 Å². The summed E-state index contributed by atoms with van der Waals surface area (Å²) in [5.41, 5.74) is 4.31. The standard InChI is InChI=1S/C26H26N2O5/c29-23(30)15-12-28(13-15)24(31)26-10-16(26)9-17(11-26)27-25(32)33-14-22-20-7-3-1-5-18(20)19-6-2-4-8-21(19)22/h1-8,15-17,22H,9-14H2,(H,27,32)(H,29,30)/t16-,17+,26+/m1/s1. The van der Waals surface area contributed by atoms with Crippen molar-refractivity contribution in [1.29, 1.82) is 0 Å². The van der Waals surface area contributed by atoms with Crippen LogP contribution in [0.2, 0.25) is 0 Å². The number of rotatable bonds is 5. The number of hydrogen-bond acceptors (Lipinski definition) is 4. The topological polar surface area (TPSA) is 95.9 Å². The summed E-state index contributed by atoms with van der Waals surface area (Å²) in [5, 5.41) is 12.0. The highest BCUT2D eigenvalue weighted by Crippen LogP contribution is 2.64. The average molecular weight is 447 g/mol. The molecule has 1 aliphatic heterocycles. The van der Waals surface area contributed by atoms with Gasteiger partial charge in [-0.3, -0.25) is 9.59 Å². The van der Waals surface area contributed by atoms with E-state index in [0.717, 1.165) is 12.8 Å². The summed E-state index contributed by atoms with van der Waals surface area (Å²) in [7, 11) is 0. The first-order valence-electron chi connectivity index (χ1n) is 11.6. The van der Waals surface area contributed by atoms with Crippen LogP contribution in [0.4, 0.5) is 4.79 Å². The maximum absolute atomic E-state index is 12.9. The van der Waals surface area contributed by atoms with E-state index in [4.69, 9.17) is 9.84 Å². The molecule has 0 aromatic heterocycles. The number of aliphatic carboxylic acids is 1. The second-order valence-electron chi connectivity index (χ2n) is 9.91. The van der Waals surface area contributed by atoms with E-state index in [0.29, 0.717) is 19.5 Å². The number of carbonyl (C=O) groups excluding carboxylic acids is 2. The fraction of sp³-hybridized carbons (Fsp3) is 0.423. The zero-order chi connectivity index (χ0) is 22.7. The lowest BCUT2D eigenvalue weighted by atomic mass is 9.94. The van der Waals surface area contributed by atoms with Gasteiger partial charge in [-0.05, 0) is 47.4 Å². The molecule has 1 saturated heterocycles. The summed E-state index contributed by atoms with van der Waals surface area (Å²) in [5.74, 6) is -0.944. The minimum Gasteiger partial charge on any atom is -0.481 e. The molecule has 0 spiro atoms. The third-order valence-electron chi connectivity index (χ3n) is 8.02. The van der Waals surface area contributed by atoms with Gasteiger partial charge < -0.3 is 20.1 Å². The van der Waals surface area contributed by atoms with Gasteiger partial charge in [-0.15, -0.1) is 0 Å². The number of benzene rings is 2. The van der Waals surface area contributed by atoms with Crippen LogP contribution in [0.15, 0.2) is 48.5 Å². The molecule has 33 heavy (non-hydrogen) atoms. The largest absolute Gasteiger partial charge is 0.481 e. The molecular weight excluding hydrogens is 420 g/mol. The summed E-state index contributed by atoms with van der Waals surface area (Å²) in [6.45, 7) is 0.866. The van der Waals surface area contributed by atoms with E-state index in [9.17, 15) is 14.4 Å². The van der Waals surface area contributed by atoms with Gasteiger partial charge in [0.2, 0.25) is 5.91 Å². The highest BCUT2D eigenvalue weighted by molar-refractivity contribution is 5.89. The number of amides is 2. The Morgan fingerprint density at radius 2 is 1.64 bits per heavy atom. The Hall–Kier alpha value is -3.35. The summed E-state index contributed by atoms with van der Waals surface area (Å²) < 4.78 is 5.65. The average Bonchev–Trinajstić information content (AvgIpc) is 3.19. The van der Waals surface area contributed by atoms with Crippen LogP contribution in [-0.4, -0.2) is 53.7 Å². The lowest BCUT2D eigenvalue weighted by Crippen LogP contribution is -2.55. The lowest BCUT2D eigenvalue weighted by Gasteiger charge is -2.39. The SMILES string of the molecule is O=C(N[C@H]1C[C@@H]2C[C@]2(C(=O)N2CC(C(=O)O)C2)C1)OCC1c2ccccc2-c2ccccc21. The highest BCUT2D eigenvalue weighted by Gasteiger charge is 2.66. The van der Waals surface area contributed by atoms with Crippen molar-refractivity contribution < 1.29 is 24.2 Å². The summed E-state index contributed by atoms with van der Waals surface area (Å²) in [6, 6.07) is 16.4. The molecule has 2 amide bonds. The van der Waals surface area contributed by atoms with Gasteiger partial charge in [0.05, 0.1) is 11.3 Å². The second-order valence-corrected chi connectivity index (χ2v) is 9.91. The van der Waals surface area contributed by atoms with Gasteiger partial charge in [-0.25, -0.2) is 4.79 Å². The van der Waals surface area contributed by atoms with E-state index in [2.05, 4.69) is 29.6 Å². The Morgan fingerprint density at radius 1 is 1.00 bits per heavy atom. The number of hydrogen-bond donors (Lipinski definition) is 2. The minimum absolute atomic E-state index is 0.0154. The number of nitrogens with one attached hydrogen (secondary N) is 1. The van der Waals surface area contributed by atoms with E-state index >= 15 is 0 Å². The van der Waals surface area contributed by atoms with Gasteiger partial charge in [0.15, 0.2) is 0 Å². The first-order valence-corrected chi connectivity index (χ1v) is 11.6. The van der Waals surface area contributed by atoms with Gasteiger partial charge in [0.1, 0.15) is 6.61 Å². The molecule has 2 aromatic carbocycles. The van der Waals surface area contributed by atoms with Gasteiger partial charge in [-0.2, -0.15) is 0 Å². The monoisotopic (exact) mass is 446 g/mol. The van der Waals surface area contributed by atoms with Crippen molar-refractivity contribution >= 4 is 18.0 Å². The third-order valence-corrected chi connectivity index (χ3v) is 8.02. The lowest BCUT2D eigenvalue weighted by molar-refractivity contribution is -0.155. The van der Waals surface area contributed by atoms with Crippen molar-refractivity contribution in [2.75, 3.05) is 19.7 Å². The van der Waals surface area contributed by atoms with Crippen molar-refractivity contribution in [1.82, 2.24) is 10.2 Å². The molecule has 3 aliphatic carbocycles. The molecule has 0 unspecified atom stereocenters. The van der Waals surface area contributed by atoms with Crippen molar-refractivity contribution in [2.45, 2.75) is 31.2 Å². The fourth-order valence-corrected chi connectivity index (χ4v) is 6.19. The zero-order valence-electron chi connectivity index (χ0n) is 18.2. The molecule has 0 radical (unpaired) electrons. The van der Waals surface area contributed by atoms with Crippen LogP contribution >= 0.6 is 0 Å². The van der Waals surface area contributed by atoms with Crippen LogP contribution in [-0.2, 0) is 14.3 Å². The van der Waals surface area contributed by atoms with E-state index in [-0.39, 0.29) is 30.4 Å². The number of likely N-dealkylation sites (tertiary alicyclic amines) is 1. The molecule has 170 valence electrons. The molecule has 7 nitrogen and oxygen atoms in total. The van der Waals surface area contributed by atoms with Crippen molar-refractivity contribution in [2.24, 2.45) is 17.3 Å². The molecule has 6 rings (SSSR count). The Balaban J connectivity index is 1.05. The molecular formula is C26H26N2O5. The van der Waals surface area contributed by atoms with E-state index in [1.807, 2.05) is 24.3 Å². The first-order chi connectivity index (χ1) is 16.0. The quantitative estimate of drug-likeness (QED) is 0.735. The number of ether oxygens (including phenoxy) is 1. The molecule has 4 aliphatic rings. The molecule has 2 aromatic rings. The second kappa shape index (κ2) is 7.33. The van der Waals surface area contributed by atoms with Gasteiger partial charge in [0, 0.05) is 25.0 Å². The maximum Gasteiger partial charge on any atom is 0.407 e. The number of carboxylic acid groups (broad SMARTS) is 1. The van der Waals surface area contributed by atoms with Crippen LogP contribution in [0.1, 0.15) is 36.3 Å². The number of fused-ring (bicyclic) bond motifs is 4. The third kappa shape index (κ3) is 3.21. The van der Waals surface area contributed by atoms with Crippen LogP contribution < -0.4 is 5.32 Å². The van der Waals surface area contributed by atoms with Gasteiger partial charge in [0.25, 0.3) is 0 Å². The minimum atomic E-state index is -0.842. The number of carboxylic acids is 1. The number of alkyl carbamates (subject to hydrolysis) is 1. The van der Waals surface area contributed by atoms with Gasteiger partial charge >= 0.3 is 12.1 Å². The van der Waals surface area contributed by atoms with Crippen LogP contribution in [0, 0.1) is 17.3 Å². The van der Waals surface area contributed by atoms with Gasteiger partial charge in [-0.1, -0.05) is 48.5 Å². The molecule has 2 saturated carbocycles. The Morgan fingerprint density at radius 3 is 2.27 bits per heavy atom. The van der Waals surface area contributed by atoms with Crippen molar-refractivity contribution in [3.05, 3.63) is 59.7 Å². The maximum atomic E-state index is 12.9. The van der Waals surface area contributed by atoms with Crippen LogP contribution in [0.25, 0.3) is 11.1 Å². The van der Waals surface area contributed by atoms with Crippen molar-refractivity contribution in [3.8, 4) is 11.1 Å². The van der Waals surface area contributed by atoms with E-state index in [1.165, 1.54) is 22.3 Å². The summed E-state index contributed by atoms with van der Waals surface area (Å²) in [4.78, 5) is 38.2. The molecule has 3 atom stereocenters. The highest BCUT2D eigenvalue weighted by atomic mass is 16.5.